The third-order valence-corrected chi connectivity index (χ3v) is 6.46. The van der Waals surface area contributed by atoms with Crippen molar-refractivity contribution in [2.75, 3.05) is 19.6 Å². The topological polar surface area (TPSA) is 49.5 Å². The molecule has 1 aliphatic heterocycles. The molecule has 2 aliphatic rings. The first-order valence-corrected chi connectivity index (χ1v) is 10.8. The molecule has 1 N–H and O–H groups in total. The van der Waals surface area contributed by atoms with Crippen molar-refractivity contribution in [2.45, 2.75) is 43.9 Å². The molecule has 2 heterocycles. The maximum Gasteiger partial charge on any atom is 0.152 e. The second-order valence-corrected chi connectivity index (χ2v) is 8.62. The normalized spacial score (nSPS) is 18.4. The number of nitrogens with zero attached hydrogens (tertiary/aromatic N) is 2. The minimum atomic E-state index is 0. The van der Waals surface area contributed by atoms with Gasteiger partial charge in [0.05, 0.1) is 5.56 Å². The average molecular weight is 425 g/mol. The molecule has 2 aromatic carbocycles. The molecular formula is C25H29ClN2O2. The summed E-state index contributed by atoms with van der Waals surface area (Å²) in [5.74, 6) is 1.30. The van der Waals surface area contributed by atoms with Crippen molar-refractivity contribution in [3.63, 3.8) is 0 Å². The van der Waals surface area contributed by atoms with Crippen LogP contribution in [-0.2, 0) is 5.41 Å². The van der Waals surface area contributed by atoms with Crippen LogP contribution < -0.4 is 0 Å². The summed E-state index contributed by atoms with van der Waals surface area (Å²) in [5.41, 5.74) is 4.19. The van der Waals surface area contributed by atoms with Crippen molar-refractivity contribution in [1.29, 1.82) is 0 Å². The van der Waals surface area contributed by atoms with Crippen LogP contribution in [-0.4, -0.2) is 34.8 Å². The highest BCUT2D eigenvalue weighted by Gasteiger charge is 2.51. The van der Waals surface area contributed by atoms with Gasteiger partial charge in [0.1, 0.15) is 11.4 Å². The highest BCUT2D eigenvalue weighted by Crippen LogP contribution is 2.53. The van der Waals surface area contributed by atoms with Gasteiger partial charge in [0.15, 0.2) is 5.76 Å². The lowest BCUT2D eigenvalue weighted by atomic mass is 9.91. The van der Waals surface area contributed by atoms with E-state index in [0.29, 0.717) is 0 Å². The molecule has 1 aliphatic carbocycles. The number of halogens is 1. The van der Waals surface area contributed by atoms with Crippen LogP contribution in [0.25, 0.3) is 22.4 Å². The first kappa shape index (κ1) is 21.0. The zero-order chi connectivity index (χ0) is 19.7. The first-order valence-electron chi connectivity index (χ1n) is 10.8. The lowest BCUT2D eigenvalue weighted by molar-refractivity contribution is 0.236. The van der Waals surface area contributed by atoms with Gasteiger partial charge in [-0.25, -0.2) is 0 Å². The largest absolute Gasteiger partial charge is 0.508 e. The number of likely N-dealkylation sites (tertiary alicyclic amines) is 1. The molecule has 5 heteroatoms. The van der Waals surface area contributed by atoms with Crippen LogP contribution in [0.1, 0.15) is 44.3 Å². The number of hydrogen-bond donors (Lipinski definition) is 1. The lowest BCUT2D eigenvalue weighted by Crippen LogP contribution is -2.33. The number of aromatic nitrogens is 1. The van der Waals surface area contributed by atoms with E-state index in [0.717, 1.165) is 47.5 Å². The van der Waals surface area contributed by atoms with E-state index >= 15 is 0 Å². The molecule has 5 rings (SSSR count). The van der Waals surface area contributed by atoms with Gasteiger partial charge in [0.25, 0.3) is 0 Å². The smallest absolute Gasteiger partial charge is 0.152 e. The Morgan fingerprint density at radius 3 is 2.17 bits per heavy atom. The molecule has 0 amide bonds. The van der Waals surface area contributed by atoms with E-state index in [9.17, 15) is 5.11 Å². The Morgan fingerprint density at radius 2 is 1.53 bits per heavy atom. The molecule has 3 aromatic rings. The quantitative estimate of drug-likeness (QED) is 0.542. The predicted octanol–water partition coefficient (Wildman–Crippen LogP) is 6.04. The molecule has 30 heavy (non-hydrogen) atoms. The zero-order valence-electron chi connectivity index (χ0n) is 17.2. The number of rotatable bonds is 5. The van der Waals surface area contributed by atoms with Crippen LogP contribution in [0.3, 0.4) is 0 Å². The van der Waals surface area contributed by atoms with E-state index in [2.05, 4.69) is 34.3 Å². The number of hydrogen-bond acceptors (Lipinski definition) is 4. The number of aromatic hydroxyl groups is 1. The summed E-state index contributed by atoms with van der Waals surface area (Å²) >= 11 is 0. The Balaban J connectivity index is 0.00000218. The van der Waals surface area contributed by atoms with E-state index in [1.165, 1.54) is 38.8 Å². The van der Waals surface area contributed by atoms with Crippen molar-refractivity contribution >= 4 is 12.4 Å². The van der Waals surface area contributed by atoms with Crippen LogP contribution in [0, 0.1) is 0 Å². The second kappa shape index (κ2) is 8.83. The monoisotopic (exact) mass is 424 g/mol. The molecule has 0 bridgehead atoms. The molecule has 0 atom stereocenters. The summed E-state index contributed by atoms with van der Waals surface area (Å²) in [6.07, 6.45) is 7.63. The van der Waals surface area contributed by atoms with Crippen molar-refractivity contribution in [1.82, 2.24) is 10.1 Å². The van der Waals surface area contributed by atoms with Crippen LogP contribution in [0.2, 0.25) is 0 Å². The van der Waals surface area contributed by atoms with Gasteiger partial charge in [0, 0.05) is 17.5 Å². The van der Waals surface area contributed by atoms with Crippen LogP contribution in [0.15, 0.2) is 59.1 Å². The number of phenolic OH excluding ortho intramolecular Hbond substituents is 1. The first-order chi connectivity index (χ1) is 14.3. The Morgan fingerprint density at radius 1 is 0.867 bits per heavy atom. The third-order valence-electron chi connectivity index (χ3n) is 6.46. The van der Waals surface area contributed by atoms with E-state index in [4.69, 9.17) is 4.52 Å². The Hall–Kier alpha value is -2.30. The molecule has 1 saturated carbocycles. The molecule has 0 radical (unpaired) electrons. The SMILES string of the molecule is Cl.Oc1ccc(-c2noc(C3(CN4CCCCCC4)CC3)c2-c2ccccc2)cc1. The fraction of sp³-hybridized carbons (Fsp3) is 0.400. The van der Waals surface area contributed by atoms with Gasteiger partial charge in [-0.05, 0) is 68.6 Å². The molecular weight excluding hydrogens is 396 g/mol. The van der Waals surface area contributed by atoms with Gasteiger partial charge in [-0.2, -0.15) is 0 Å². The molecule has 0 unspecified atom stereocenters. The Labute approximate surface area is 184 Å². The van der Waals surface area contributed by atoms with Gasteiger partial charge in [0.2, 0.25) is 0 Å². The van der Waals surface area contributed by atoms with Crippen molar-refractivity contribution < 1.29 is 9.63 Å². The van der Waals surface area contributed by atoms with E-state index in [1.807, 2.05) is 18.2 Å². The van der Waals surface area contributed by atoms with E-state index in [1.54, 1.807) is 12.1 Å². The fourth-order valence-electron chi connectivity index (χ4n) is 4.67. The maximum atomic E-state index is 9.69. The third kappa shape index (κ3) is 4.12. The minimum absolute atomic E-state index is 0. The standard InChI is InChI=1S/C25H28N2O2.ClH/c28-21-12-10-20(11-13-21)23-22(19-8-4-3-5-9-19)24(29-26-23)25(14-15-25)18-27-16-6-1-2-7-17-27;/h3-5,8-13,28H,1-2,6-7,14-18H2;1H. The van der Waals surface area contributed by atoms with Crippen LogP contribution in [0.5, 0.6) is 5.75 Å². The molecule has 158 valence electrons. The number of benzene rings is 2. The summed E-state index contributed by atoms with van der Waals surface area (Å²) in [6.45, 7) is 3.46. The van der Waals surface area contributed by atoms with Gasteiger partial charge in [-0.15, -0.1) is 12.4 Å². The maximum absolute atomic E-state index is 9.69. The van der Waals surface area contributed by atoms with Gasteiger partial charge < -0.3 is 14.5 Å². The highest BCUT2D eigenvalue weighted by atomic mass is 35.5. The van der Waals surface area contributed by atoms with E-state index < -0.39 is 0 Å². The molecule has 2 fully saturated rings. The number of phenols is 1. The molecule has 1 saturated heterocycles. The summed E-state index contributed by atoms with van der Waals surface area (Å²) in [7, 11) is 0. The van der Waals surface area contributed by atoms with Crippen LogP contribution in [0.4, 0.5) is 0 Å². The predicted molar refractivity (Wildman–Crippen MR) is 122 cm³/mol. The highest BCUT2D eigenvalue weighted by molar-refractivity contribution is 5.85. The Bertz CT molecular complexity index is 957. The molecule has 0 spiro atoms. The van der Waals surface area contributed by atoms with Crippen molar-refractivity contribution in [2.24, 2.45) is 0 Å². The van der Waals surface area contributed by atoms with Crippen molar-refractivity contribution in [3.05, 3.63) is 60.4 Å². The molecule has 1 aromatic heterocycles. The van der Waals surface area contributed by atoms with Gasteiger partial charge in [-0.1, -0.05) is 48.3 Å². The summed E-state index contributed by atoms with van der Waals surface area (Å²) < 4.78 is 6.10. The molecule has 4 nitrogen and oxygen atoms in total. The summed E-state index contributed by atoms with van der Waals surface area (Å²) in [5, 5.41) is 14.2. The second-order valence-electron chi connectivity index (χ2n) is 8.62. The average Bonchev–Trinajstić information content (AvgIpc) is 3.46. The zero-order valence-corrected chi connectivity index (χ0v) is 18.0. The van der Waals surface area contributed by atoms with Gasteiger partial charge in [-0.3, -0.25) is 0 Å². The van der Waals surface area contributed by atoms with Gasteiger partial charge >= 0.3 is 0 Å². The minimum Gasteiger partial charge on any atom is -0.508 e. The Kier molecular flexibility index (Phi) is 6.16. The lowest BCUT2D eigenvalue weighted by Gasteiger charge is -2.25. The van der Waals surface area contributed by atoms with Crippen molar-refractivity contribution in [3.8, 4) is 28.1 Å². The van der Waals surface area contributed by atoms with E-state index in [-0.39, 0.29) is 23.6 Å². The summed E-state index contributed by atoms with van der Waals surface area (Å²) in [4.78, 5) is 2.64. The fourth-order valence-corrected chi connectivity index (χ4v) is 4.67. The van der Waals surface area contributed by atoms with Crippen LogP contribution >= 0.6 is 12.4 Å². The summed E-state index contributed by atoms with van der Waals surface area (Å²) in [6, 6.07) is 17.7.